The molecule has 0 unspecified atom stereocenters. The van der Waals surface area contributed by atoms with E-state index in [9.17, 15) is 9.59 Å². The van der Waals surface area contributed by atoms with Gasteiger partial charge in [-0.2, -0.15) is 0 Å². The highest BCUT2D eigenvalue weighted by atomic mass is 16.5. The highest BCUT2D eigenvalue weighted by molar-refractivity contribution is 5.96. The van der Waals surface area contributed by atoms with Crippen LogP contribution in [0.3, 0.4) is 0 Å². The van der Waals surface area contributed by atoms with E-state index in [1.54, 1.807) is 25.3 Å². The van der Waals surface area contributed by atoms with Crippen molar-refractivity contribution < 1.29 is 19.1 Å². The molecule has 92 valence electrons. The third kappa shape index (κ3) is 3.48. The Morgan fingerprint density at radius 3 is 2.59 bits per heavy atom. The van der Waals surface area contributed by atoms with Crippen molar-refractivity contribution in [2.24, 2.45) is 0 Å². The second kappa shape index (κ2) is 5.89. The molecule has 0 aliphatic carbocycles. The Bertz CT molecular complexity index is 429. The van der Waals surface area contributed by atoms with Crippen LogP contribution in [0, 0.1) is 6.92 Å². The molecule has 0 bridgehead atoms. The van der Waals surface area contributed by atoms with E-state index in [0.717, 1.165) is 5.56 Å². The van der Waals surface area contributed by atoms with Gasteiger partial charge < -0.3 is 14.8 Å². The van der Waals surface area contributed by atoms with E-state index in [1.807, 2.05) is 6.92 Å². The Morgan fingerprint density at radius 2 is 2.00 bits per heavy atom. The molecule has 1 rings (SSSR count). The Labute approximate surface area is 99.7 Å². The van der Waals surface area contributed by atoms with Crippen molar-refractivity contribution in [3.8, 4) is 5.75 Å². The first-order valence-corrected chi connectivity index (χ1v) is 5.08. The fourth-order valence-electron chi connectivity index (χ4n) is 1.29. The maximum Gasteiger partial charge on any atom is 0.325 e. The number of aryl methyl sites for hydroxylation is 1. The lowest BCUT2D eigenvalue weighted by Gasteiger charge is -2.08. The van der Waals surface area contributed by atoms with Crippen LogP contribution in [0.5, 0.6) is 5.75 Å². The van der Waals surface area contributed by atoms with Crippen molar-refractivity contribution in [2.75, 3.05) is 20.8 Å². The van der Waals surface area contributed by atoms with Crippen molar-refractivity contribution in [2.45, 2.75) is 6.92 Å². The highest BCUT2D eigenvalue weighted by Crippen LogP contribution is 2.18. The topological polar surface area (TPSA) is 64.6 Å². The van der Waals surface area contributed by atoms with Crippen LogP contribution in [0.15, 0.2) is 18.2 Å². The molecule has 0 saturated heterocycles. The van der Waals surface area contributed by atoms with E-state index in [1.165, 1.54) is 7.11 Å². The first-order valence-electron chi connectivity index (χ1n) is 5.08. The van der Waals surface area contributed by atoms with Gasteiger partial charge >= 0.3 is 5.97 Å². The maximum absolute atomic E-state index is 11.7. The average Bonchev–Trinajstić information content (AvgIpc) is 2.35. The first kappa shape index (κ1) is 13.0. The van der Waals surface area contributed by atoms with Gasteiger partial charge in [-0.25, -0.2) is 0 Å². The van der Waals surface area contributed by atoms with E-state index < -0.39 is 5.97 Å². The smallest absolute Gasteiger partial charge is 0.325 e. The molecule has 1 amide bonds. The lowest BCUT2D eigenvalue weighted by Crippen LogP contribution is -2.30. The van der Waals surface area contributed by atoms with Crippen LogP contribution in [0.2, 0.25) is 0 Å². The van der Waals surface area contributed by atoms with E-state index in [0.29, 0.717) is 11.3 Å². The normalized spacial score (nSPS) is 9.59. The summed E-state index contributed by atoms with van der Waals surface area (Å²) in [7, 11) is 2.81. The summed E-state index contributed by atoms with van der Waals surface area (Å²) in [5.41, 5.74) is 1.38. The molecule has 0 heterocycles. The lowest BCUT2D eigenvalue weighted by atomic mass is 10.1. The molecular formula is C12H15NO4. The highest BCUT2D eigenvalue weighted by Gasteiger charge is 2.09. The van der Waals surface area contributed by atoms with Gasteiger partial charge in [-0.05, 0) is 24.6 Å². The van der Waals surface area contributed by atoms with Crippen molar-refractivity contribution >= 4 is 11.9 Å². The molecule has 0 aliphatic heterocycles. The second-order valence-corrected chi connectivity index (χ2v) is 3.44. The van der Waals surface area contributed by atoms with Gasteiger partial charge in [0.15, 0.2) is 0 Å². The molecular weight excluding hydrogens is 222 g/mol. The summed E-state index contributed by atoms with van der Waals surface area (Å²) < 4.78 is 9.53. The first-order chi connectivity index (χ1) is 8.08. The standard InChI is InChI=1S/C12H15NO4/c1-8-4-5-9(6-10(8)16-2)12(15)13-7-11(14)17-3/h4-6H,7H2,1-3H3,(H,13,15). The number of hydrogen-bond acceptors (Lipinski definition) is 4. The molecule has 5 nitrogen and oxygen atoms in total. The van der Waals surface area contributed by atoms with Gasteiger partial charge in [0.05, 0.1) is 14.2 Å². The lowest BCUT2D eigenvalue weighted by molar-refractivity contribution is -0.139. The molecule has 1 aromatic rings. The Morgan fingerprint density at radius 1 is 1.29 bits per heavy atom. The van der Waals surface area contributed by atoms with Gasteiger partial charge in [0, 0.05) is 5.56 Å². The number of nitrogens with one attached hydrogen (secondary N) is 1. The zero-order chi connectivity index (χ0) is 12.8. The van der Waals surface area contributed by atoms with Crippen LogP contribution in [0.1, 0.15) is 15.9 Å². The van der Waals surface area contributed by atoms with Gasteiger partial charge in [-0.15, -0.1) is 0 Å². The monoisotopic (exact) mass is 237 g/mol. The van der Waals surface area contributed by atoms with Gasteiger partial charge in [0.2, 0.25) is 0 Å². The molecule has 5 heteroatoms. The minimum absolute atomic E-state index is 0.147. The van der Waals surface area contributed by atoms with Crippen LogP contribution < -0.4 is 10.1 Å². The molecule has 1 aromatic carbocycles. The van der Waals surface area contributed by atoms with Crippen LogP contribution in [0.25, 0.3) is 0 Å². The van der Waals surface area contributed by atoms with Gasteiger partial charge in [-0.1, -0.05) is 6.07 Å². The summed E-state index contributed by atoms with van der Waals surface area (Å²) in [6, 6.07) is 5.08. The number of carbonyl (C=O) groups excluding carboxylic acids is 2. The third-order valence-electron chi connectivity index (χ3n) is 2.29. The molecule has 0 saturated carbocycles. The summed E-state index contributed by atoms with van der Waals surface area (Å²) in [5.74, 6) is -0.193. The third-order valence-corrected chi connectivity index (χ3v) is 2.29. The number of hydrogen-bond donors (Lipinski definition) is 1. The minimum Gasteiger partial charge on any atom is -0.496 e. The molecule has 1 N–H and O–H groups in total. The van der Waals surface area contributed by atoms with Crippen LogP contribution in [-0.4, -0.2) is 32.6 Å². The molecule has 0 spiro atoms. The number of esters is 1. The SMILES string of the molecule is COC(=O)CNC(=O)c1ccc(C)c(OC)c1. The quantitative estimate of drug-likeness (QED) is 0.790. The van der Waals surface area contributed by atoms with Gasteiger partial charge in [0.25, 0.3) is 5.91 Å². The zero-order valence-corrected chi connectivity index (χ0v) is 10.1. The fraction of sp³-hybridized carbons (Fsp3) is 0.333. The van der Waals surface area contributed by atoms with Crippen LogP contribution in [-0.2, 0) is 9.53 Å². The Hall–Kier alpha value is -2.04. The molecule has 0 aliphatic rings. The van der Waals surface area contributed by atoms with Crippen molar-refractivity contribution in [3.63, 3.8) is 0 Å². The number of ether oxygens (including phenoxy) is 2. The van der Waals surface area contributed by atoms with E-state index >= 15 is 0 Å². The van der Waals surface area contributed by atoms with Crippen LogP contribution in [0.4, 0.5) is 0 Å². The molecule has 0 aromatic heterocycles. The molecule has 0 atom stereocenters. The van der Waals surface area contributed by atoms with E-state index in [-0.39, 0.29) is 12.5 Å². The van der Waals surface area contributed by atoms with Crippen molar-refractivity contribution in [3.05, 3.63) is 29.3 Å². The Kier molecular flexibility index (Phi) is 4.51. The molecule has 0 radical (unpaired) electrons. The fourth-order valence-corrected chi connectivity index (χ4v) is 1.29. The summed E-state index contributed by atoms with van der Waals surface area (Å²) in [6.07, 6.45) is 0. The van der Waals surface area contributed by atoms with Crippen LogP contribution >= 0.6 is 0 Å². The molecule has 17 heavy (non-hydrogen) atoms. The summed E-state index contributed by atoms with van der Waals surface area (Å²) >= 11 is 0. The van der Waals surface area contributed by atoms with Crippen molar-refractivity contribution in [1.29, 1.82) is 0 Å². The minimum atomic E-state index is -0.488. The number of benzene rings is 1. The Balaban J connectivity index is 2.72. The maximum atomic E-state index is 11.7. The summed E-state index contributed by atoms with van der Waals surface area (Å²) in [5, 5.41) is 2.45. The second-order valence-electron chi connectivity index (χ2n) is 3.44. The predicted molar refractivity (Wildman–Crippen MR) is 62.1 cm³/mol. The van der Waals surface area contributed by atoms with E-state index in [4.69, 9.17) is 4.74 Å². The van der Waals surface area contributed by atoms with E-state index in [2.05, 4.69) is 10.1 Å². The number of methoxy groups -OCH3 is 2. The summed E-state index contributed by atoms with van der Waals surface area (Å²) in [6.45, 7) is 1.74. The molecule has 0 fully saturated rings. The summed E-state index contributed by atoms with van der Waals surface area (Å²) in [4.78, 5) is 22.5. The number of rotatable bonds is 4. The average molecular weight is 237 g/mol. The number of carbonyl (C=O) groups is 2. The van der Waals surface area contributed by atoms with Gasteiger partial charge in [0.1, 0.15) is 12.3 Å². The predicted octanol–water partition coefficient (Wildman–Crippen LogP) is 0.906. The van der Waals surface area contributed by atoms with Gasteiger partial charge in [-0.3, -0.25) is 9.59 Å². The largest absolute Gasteiger partial charge is 0.496 e. The zero-order valence-electron chi connectivity index (χ0n) is 10.1. The van der Waals surface area contributed by atoms with Crippen molar-refractivity contribution in [1.82, 2.24) is 5.32 Å². The number of amides is 1.